The average molecular weight is 666 g/mol. The molecule has 2 saturated heterocycles. The van der Waals surface area contributed by atoms with Crippen LogP contribution in [0.15, 0.2) is 67.1 Å². The summed E-state index contributed by atoms with van der Waals surface area (Å²) in [4.78, 5) is 35.6. The first kappa shape index (κ1) is 31.9. The Morgan fingerprint density at radius 2 is 1.85 bits per heavy atom. The Labute approximate surface area is 276 Å². The fourth-order valence-electron chi connectivity index (χ4n) is 6.79. The summed E-state index contributed by atoms with van der Waals surface area (Å²) < 4.78 is 7.06. The molecule has 2 N–H and O–H groups in total. The lowest BCUT2D eigenvalue weighted by Gasteiger charge is -2.41. The highest BCUT2D eigenvalue weighted by molar-refractivity contribution is 6.42. The second-order valence-corrected chi connectivity index (χ2v) is 12.7. The van der Waals surface area contributed by atoms with Gasteiger partial charge in [0.15, 0.2) is 0 Å². The number of ether oxygens (including phenoxy) is 1. The molecule has 2 aliphatic heterocycles. The number of rotatable bonds is 9. The molecule has 0 saturated carbocycles. The van der Waals surface area contributed by atoms with Crippen LogP contribution in [0.25, 0.3) is 5.69 Å². The normalized spacial score (nSPS) is 19.6. The zero-order chi connectivity index (χ0) is 32.3. The largest absolute Gasteiger partial charge is 0.496 e. The first-order chi connectivity index (χ1) is 22.3. The van der Waals surface area contributed by atoms with Gasteiger partial charge in [0.25, 0.3) is 11.8 Å². The molecule has 4 heterocycles. The summed E-state index contributed by atoms with van der Waals surface area (Å²) in [6.07, 6.45) is 5.64. The summed E-state index contributed by atoms with van der Waals surface area (Å²) in [5, 5.41) is 21.9. The Bertz CT molecular complexity index is 1700. The fraction of sp³-hybridized carbons (Fsp3) is 0.375. The third-order valence-corrected chi connectivity index (χ3v) is 10.2. The minimum absolute atomic E-state index is 0.151. The van der Waals surface area contributed by atoms with E-state index >= 15 is 0 Å². The van der Waals surface area contributed by atoms with Crippen molar-refractivity contribution in [2.45, 2.75) is 36.5 Å². The average Bonchev–Trinajstić information content (AvgIpc) is 3.80. The molecule has 1 atom stereocenters. The zero-order valence-corrected chi connectivity index (χ0v) is 26.8. The standard InChI is InChI=1S/C32H34Cl2N8O4/c1-46-27-8-6-23(42-21-36-38-39-42)19-24(27)29(43)41-17-10-31(20-41,22-5-7-25(33)26(34)18-22)9-14-40-15-11-32(12-16-40,30(44)37-45)28-4-2-3-13-35-28/h2-8,13,18-19,21,45H,9-12,14-17,20H2,1H3,(H,37,44). The maximum Gasteiger partial charge on any atom is 0.257 e. The molecular formula is C32H34Cl2N8O4. The molecule has 240 valence electrons. The number of methoxy groups -OCH3 is 1. The number of carbonyl (C=O) groups is 2. The van der Waals surface area contributed by atoms with Gasteiger partial charge in [-0.3, -0.25) is 19.8 Å². The Morgan fingerprint density at radius 1 is 1.02 bits per heavy atom. The molecule has 12 nitrogen and oxygen atoms in total. The second kappa shape index (κ2) is 13.3. The van der Waals surface area contributed by atoms with Crippen molar-refractivity contribution in [2.24, 2.45) is 0 Å². The van der Waals surface area contributed by atoms with Gasteiger partial charge in [-0.15, -0.1) is 5.10 Å². The molecule has 4 aromatic rings. The molecule has 6 rings (SSSR count). The van der Waals surface area contributed by atoms with Crippen LogP contribution >= 0.6 is 23.2 Å². The number of likely N-dealkylation sites (tertiary alicyclic amines) is 2. The van der Waals surface area contributed by atoms with Crippen LogP contribution in [0.2, 0.25) is 10.0 Å². The molecule has 2 aromatic heterocycles. The molecule has 2 aromatic carbocycles. The molecule has 0 radical (unpaired) electrons. The second-order valence-electron chi connectivity index (χ2n) is 11.9. The number of aromatic nitrogens is 5. The summed E-state index contributed by atoms with van der Waals surface area (Å²) >= 11 is 12.8. The highest BCUT2D eigenvalue weighted by Crippen LogP contribution is 2.42. The molecule has 14 heteroatoms. The molecule has 2 amide bonds. The van der Waals surface area contributed by atoms with E-state index < -0.39 is 11.3 Å². The van der Waals surface area contributed by atoms with Gasteiger partial charge >= 0.3 is 0 Å². The Hall–Kier alpha value is -4.10. The molecule has 1 unspecified atom stereocenters. The number of nitrogens with zero attached hydrogens (tertiary/aromatic N) is 7. The van der Waals surface area contributed by atoms with Crippen LogP contribution in [0.5, 0.6) is 5.75 Å². The van der Waals surface area contributed by atoms with Gasteiger partial charge in [0.05, 0.1) is 39.5 Å². The maximum atomic E-state index is 14.1. The van der Waals surface area contributed by atoms with Crippen molar-refractivity contribution in [3.8, 4) is 11.4 Å². The minimum Gasteiger partial charge on any atom is -0.496 e. The Morgan fingerprint density at radius 3 is 2.52 bits per heavy atom. The van der Waals surface area contributed by atoms with Crippen LogP contribution in [0.3, 0.4) is 0 Å². The van der Waals surface area contributed by atoms with Crippen molar-refractivity contribution in [1.29, 1.82) is 0 Å². The SMILES string of the molecule is COc1ccc(-n2cnnn2)cc1C(=O)N1CCC(CCN2CCC(C(=O)NO)(c3ccccn3)CC2)(c2ccc(Cl)c(Cl)c2)C1. The van der Waals surface area contributed by atoms with E-state index in [9.17, 15) is 14.8 Å². The fourth-order valence-corrected chi connectivity index (χ4v) is 7.09. The molecule has 2 fully saturated rings. The lowest BCUT2D eigenvalue weighted by Crippen LogP contribution is -2.52. The number of pyridine rings is 1. The van der Waals surface area contributed by atoms with Crippen molar-refractivity contribution >= 4 is 35.0 Å². The van der Waals surface area contributed by atoms with E-state index in [1.54, 1.807) is 30.5 Å². The summed E-state index contributed by atoms with van der Waals surface area (Å²) in [5.41, 5.74) is 3.32. The van der Waals surface area contributed by atoms with Crippen molar-refractivity contribution in [3.05, 3.63) is 94.0 Å². The lowest BCUT2D eigenvalue weighted by atomic mass is 9.73. The highest BCUT2D eigenvalue weighted by Gasteiger charge is 2.46. The van der Waals surface area contributed by atoms with Gasteiger partial charge in [-0.05, 0) is 104 Å². The van der Waals surface area contributed by atoms with Gasteiger partial charge in [-0.1, -0.05) is 35.3 Å². The number of hydrogen-bond acceptors (Lipinski definition) is 9. The third-order valence-electron chi connectivity index (χ3n) is 9.51. The predicted octanol–water partition coefficient (Wildman–Crippen LogP) is 4.09. The van der Waals surface area contributed by atoms with Crippen LogP contribution in [-0.2, 0) is 15.6 Å². The van der Waals surface area contributed by atoms with Crippen LogP contribution in [0.4, 0.5) is 0 Å². The molecule has 0 aliphatic carbocycles. The van der Waals surface area contributed by atoms with Crippen molar-refractivity contribution in [2.75, 3.05) is 39.8 Å². The Kier molecular flexibility index (Phi) is 9.23. The number of piperidine rings is 1. The molecule has 2 aliphatic rings. The monoisotopic (exact) mass is 664 g/mol. The molecule has 0 spiro atoms. The maximum absolute atomic E-state index is 14.1. The van der Waals surface area contributed by atoms with Crippen LogP contribution in [-0.4, -0.2) is 91.8 Å². The zero-order valence-electron chi connectivity index (χ0n) is 25.3. The van der Waals surface area contributed by atoms with Crippen molar-refractivity contribution < 1.29 is 19.5 Å². The Balaban J connectivity index is 1.23. The third kappa shape index (κ3) is 6.05. The van der Waals surface area contributed by atoms with E-state index in [-0.39, 0.29) is 11.3 Å². The van der Waals surface area contributed by atoms with Gasteiger partial charge in [-0.25, -0.2) is 10.2 Å². The number of hydrogen-bond donors (Lipinski definition) is 2. The number of hydroxylamine groups is 1. The number of amides is 2. The topological polar surface area (TPSA) is 139 Å². The smallest absolute Gasteiger partial charge is 0.257 e. The molecule has 46 heavy (non-hydrogen) atoms. The van der Waals surface area contributed by atoms with Crippen molar-refractivity contribution in [3.63, 3.8) is 0 Å². The van der Waals surface area contributed by atoms with Crippen LogP contribution in [0, 0.1) is 0 Å². The molecule has 0 bridgehead atoms. The number of tetrazole rings is 1. The number of benzene rings is 2. The van der Waals surface area contributed by atoms with Crippen LogP contribution < -0.4 is 10.2 Å². The van der Waals surface area contributed by atoms with Gasteiger partial charge in [0.2, 0.25) is 0 Å². The van der Waals surface area contributed by atoms with Crippen molar-refractivity contribution in [1.82, 2.24) is 40.5 Å². The first-order valence-electron chi connectivity index (χ1n) is 15.0. The number of nitrogens with one attached hydrogen (secondary N) is 1. The predicted molar refractivity (Wildman–Crippen MR) is 171 cm³/mol. The van der Waals surface area contributed by atoms with Gasteiger partial charge in [0, 0.05) is 24.7 Å². The van der Waals surface area contributed by atoms with Gasteiger partial charge in [0.1, 0.15) is 12.1 Å². The summed E-state index contributed by atoms with van der Waals surface area (Å²) in [7, 11) is 1.54. The van der Waals surface area contributed by atoms with Crippen LogP contribution in [0.1, 0.15) is 47.3 Å². The quantitative estimate of drug-likeness (QED) is 0.200. The lowest BCUT2D eigenvalue weighted by molar-refractivity contribution is -0.137. The highest BCUT2D eigenvalue weighted by atomic mass is 35.5. The molecular weight excluding hydrogens is 631 g/mol. The summed E-state index contributed by atoms with van der Waals surface area (Å²) in [6, 6.07) is 16.5. The number of carbonyl (C=O) groups excluding carboxylic acids is 2. The van der Waals surface area contributed by atoms with E-state index in [1.807, 2.05) is 40.7 Å². The van der Waals surface area contributed by atoms with Gasteiger partial charge < -0.3 is 14.5 Å². The number of halogens is 2. The van der Waals surface area contributed by atoms with E-state index in [0.717, 1.165) is 24.9 Å². The van der Waals surface area contributed by atoms with E-state index in [0.29, 0.717) is 71.8 Å². The summed E-state index contributed by atoms with van der Waals surface area (Å²) in [6.45, 7) is 3.04. The van der Waals surface area contributed by atoms with E-state index in [2.05, 4.69) is 25.4 Å². The van der Waals surface area contributed by atoms with E-state index in [1.165, 1.54) is 18.1 Å². The van der Waals surface area contributed by atoms with E-state index in [4.69, 9.17) is 27.9 Å². The van der Waals surface area contributed by atoms with Gasteiger partial charge in [-0.2, -0.15) is 0 Å². The first-order valence-corrected chi connectivity index (χ1v) is 15.8. The minimum atomic E-state index is -0.902. The summed E-state index contributed by atoms with van der Waals surface area (Å²) in [5.74, 6) is -0.130.